The third kappa shape index (κ3) is 6.26. The lowest BCUT2D eigenvalue weighted by Gasteiger charge is -2.45. The highest BCUT2D eigenvalue weighted by atomic mass is 32.2. The van der Waals surface area contributed by atoms with Gasteiger partial charge < -0.3 is 19.6 Å². The first-order valence-corrected chi connectivity index (χ1v) is 16.9. The van der Waals surface area contributed by atoms with E-state index in [4.69, 9.17) is 5.14 Å². The van der Waals surface area contributed by atoms with Gasteiger partial charge >= 0.3 is 0 Å². The molecule has 2 saturated heterocycles. The number of nitrogens with zero attached hydrogens (tertiary/aromatic N) is 5. The Bertz CT molecular complexity index is 1680. The van der Waals surface area contributed by atoms with E-state index in [1.54, 1.807) is 18.2 Å². The van der Waals surface area contributed by atoms with Crippen LogP contribution in [-0.4, -0.2) is 71.1 Å². The second-order valence-electron chi connectivity index (χ2n) is 11.9. The maximum atomic E-state index is 13.9. The van der Waals surface area contributed by atoms with Crippen LogP contribution in [0.5, 0.6) is 0 Å². The average Bonchev–Trinajstić information content (AvgIpc) is 3.02. The lowest BCUT2D eigenvalue weighted by molar-refractivity contribution is 0.0746. The Morgan fingerprint density at radius 2 is 1.61 bits per heavy atom. The number of nitriles is 1. The zero-order valence-corrected chi connectivity index (χ0v) is 26.8. The highest BCUT2D eigenvalue weighted by Gasteiger charge is 2.33. The van der Waals surface area contributed by atoms with E-state index in [1.807, 2.05) is 41.0 Å². The third-order valence-electron chi connectivity index (χ3n) is 9.13. The summed E-state index contributed by atoms with van der Waals surface area (Å²) in [4.78, 5) is 22.6. The number of carbonyl (C=O) groups is 1. The van der Waals surface area contributed by atoms with Crippen molar-refractivity contribution in [2.45, 2.75) is 45.1 Å². The van der Waals surface area contributed by atoms with Crippen molar-refractivity contribution in [3.63, 3.8) is 0 Å². The number of amides is 1. The van der Waals surface area contributed by atoms with Crippen molar-refractivity contribution in [1.29, 1.82) is 5.26 Å². The monoisotopic (exact) mass is 614 g/mol. The maximum absolute atomic E-state index is 13.9. The molecule has 1 amide bonds. The minimum absolute atomic E-state index is 0.00448. The number of piperazine rings is 1. The molecule has 3 aromatic carbocycles. The highest BCUT2D eigenvalue weighted by molar-refractivity contribution is 7.89. The molecule has 2 atom stereocenters. The number of para-hydroxylation sites is 2. The molecule has 2 heterocycles. The van der Waals surface area contributed by atoms with Crippen LogP contribution in [0.2, 0.25) is 0 Å². The predicted octanol–water partition coefficient (Wildman–Crippen LogP) is 4.53. The second kappa shape index (κ2) is 12.9. The Kier molecular flexibility index (Phi) is 9.18. The first-order chi connectivity index (χ1) is 21.0. The van der Waals surface area contributed by atoms with Gasteiger partial charge in [-0.05, 0) is 74.6 Å². The molecular weight excluding hydrogens is 572 g/mol. The Balaban J connectivity index is 1.32. The minimum atomic E-state index is -3.86. The first-order valence-electron chi connectivity index (χ1n) is 15.3. The first kappa shape index (κ1) is 31.4. The van der Waals surface area contributed by atoms with E-state index in [-0.39, 0.29) is 10.8 Å². The number of primary sulfonamides is 1. The summed E-state index contributed by atoms with van der Waals surface area (Å²) in [6.07, 6.45) is 0.952. The molecule has 9 nitrogen and oxygen atoms in total. The van der Waals surface area contributed by atoms with Crippen molar-refractivity contribution >= 4 is 33.0 Å². The summed E-state index contributed by atoms with van der Waals surface area (Å²) in [6, 6.07) is 21.4. The molecule has 232 valence electrons. The highest BCUT2D eigenvalue weighted by Crippen LogP contribution is 2.34. The summed E-state index contributed by atoms with van der Waals surface area (Å²) in [6.45, 7) is 13.1. The number of rotatable bonds is 7. The normalized spacial score (nSPS) is 19.0. The van der Waals surface area contributed by atoms with Crippen LogP contribution < -0.4 is 19.8 Å². The van der Waals surface area contributed by atoms with Crippen LogP contribution >= 0.6 is 0 Å². The molecule has 44 heavy (non-hydrogen) atoms. The fourth-order valence-electron chi connectivity index (χ4n) is 6.90. The number of benzene rings is 3. The summed E-state index contributed by atoms with van der Waals surface area (Å²) < 4.78 is 24.3. The predicted molar refractivity (Wildman–Crippen MR) is 176 cm³/mol. The quantitative estimate of drug-likeness (QED) is 0.416. The zero-order chi connectivity index (χ0) is 31.6. The molecule has 10 heteroatoms. The van der Waals surface area contributed by atoms with Gasteiger partial charge in [0.25, 0.3) is 5.91 Å². The molecule has 2 aliphatic rings. The summed E-state index contributed by atoms with van der Waals surface area (Å²) in [5.41, 5.74) is 6.17. The fourth-order valence-corrected chi connectivity index (χ4v) is 7.66. The number of aryl methyl sites for hydroxylation is 2. The van der Waals surface area contributed by atoms with E-state index in [1.165, 1.54) is 6.07 Å². The summed E-state index contributed by atoms with van der Waals surface area (Å²) in [7, 11) is -3.86. The largest absolute Gasteiger partial charge is 0.370 e. The van der Waals surface area contributed by atoms with E-state index >= 15 is 0 Å². The summed E-state index contributed by atoms with van der Waals surface area (Å²) in [5.74, 6) is 0.346. The number of anilines is 3. The Morgan fingerprint density at radius 3 is 2.25 bits per heavy atom. The van der Waals surface area contributed by atoms with Crippen molar-refractivity contribution in [2.24, 2.45) is 11.1 Å². The van der Waals surface area contributed by atoms with Gasteiger partial charge in [0.15, 0.2) is 0 Å². The van der Waals surface area contributed by atoms with E-state index in [2.05, 4.69) is 48.8 Å². The molecule has 3 aromatic rings. The van der Waals surface area contributed by atoms with Crippen LogP contribution in [0.1, 0.15) is 47.3 Å². The van der Waals surface area contributed by atoms with Gasteiger partial charge in [0.1, 0.15) is 11.0 Å². The van der Waals surface area contributed by atoms with Gasteiger partial charge in [-0.15, -0.1) is 0 Å². The van der Waals surface area contributed by atoms with E-state index in [9.17, 15) is 18.5 Å². The van der Waals surface area contributed by atoms with Crippen molar-refractivity contribution in [2.75, 3.05) is 60.5 Å². The number of sulfonamides is 1. The van der Waals surface area contributed by atoms with Crippen LogP contribution in [0.4, 0.5) is 17.1 Å². The van der Waals surface area contributed by atoms with E-state index in [0.717, 1.165) is 48.6 Å². The van der Waals surface area contributed by atoms with E-state index < -0.39 is 10.0 Å². The van der Waals surface area contributed by atoms with Crippen LogP contribution in [0.15, 0.2) is 65.6 Å². The van der Waals surface area contributed by atoms with Gasteiger partial charge in [0, 0.05) is 63.1 Å². The number of hydrogen-bond donors (Lipinski definition) is 1. The van der Waals surface area contributed by atoms with E-state index in [0.29, 0.717) is 55.0 Å². The van der Waals surface area contributed by atoms with Gasteiger partial charge in [-0.1, -0.05) is 37.3 Å². The molecule has 0 aromatic heterocycles. The van der Waals surface area contributed by atoms with Gasteiger partial charge in [0.05, 0.1) is 16.9 Å². The molecule has 2 aliphatic heterocycles. The number of piperidine rings is 1. The zero-order valence-electron chi connectivity index (χ0n) is 26.0. The smallest absolute Gasteiger partial charge is 0.254 e. The molecule has 2 unspecified atom stereocenters. The lowest BCUT2D eigenvalue weighted by atomic mass is 9.90. The fraction of sp³-hybridized carbons (Fsp3) is 0.412. The average molecular weight is 615 g/mol. The van der Waals surface area contributed by atoms with Crippen LogP contribution in [0.3, 0.4) is 0 Å². The van der Waals surface area contributed by atoms with Crippen molar-refractivity contribution in [3.8, 4) is 6.07 Å². The van der Waals surface area contributed by atoms with Crippen molar-refractivity contribution < 1.29 is 13.2 Å². The number of hydrogen-bond acceptors (Lipinski definition) is 7. The Labute approximate surface area is 261 Å². The van der Waals surface area contributed by atoms with Gasteiger partial charge in [0.2, 0.25) is 10.0 Å². The van der Waals surface area contributed by atoms with Gasteiger partial charge in [-0.2, -0.15) is 5.26 Å². The molecule has 0 bridgehead atoms. The van der Waals surface area contributed by atoms with Crippen molar-refractivity contribution in [1.82, 2.24) is 4.90 Å². The molecular formula is C34H42N6O3S. The number of nitrogens with two attached hydrogens (primary N) is 1. The molecule has 0 radical (unpaired) electrons. The van der Waals surface area contributed by atoms with Gasteiger partial charge in [-0.3, -0.25) is 4.79 Å². The third-order valence-corrected chi connectivity index (χ3v) is 10.1. The molecule has 0 saturated carbocycles. The van der Waals surface area contributed by atoms with Crippen LogP contribution in [0.25, 0.3) is 0 Å². The molecule has 2 fully saturated rings. The SMILES string of the molecule is CCN(c1cc(C(=O)N2CCN(c3ccccc3S(N)(=O)=O)CC2)c(C)cc1C)C1CCN(c2ccccc2C#N)CC1C. The van der Waals surface area contributed by atoms with Crippen molar-refractivity contribution in [3.05, 3.63) is 82.9 Å². The molecule has 2 N–H and O–H groups in total. The molecule has 5 rings (SSSR count). The summed E-state index contributed by atoms with van der Waals surface area (Å²) >= 11 is 0. The summed E-state index contributed by atoms with van der Waals surface area (Å²) in [5, 5.41) is 15.1. The topological polar surface area (TPSA) is 114 Å². The maximum Gasteiger partial charge on any atom is 0.254 e. The van der Waals surface area contributed by atoms with Gasteiger partial charge in [-0.25, -0.2) is 13.6 Å². The molecule has 0 spiro atoms. The van der Waals surface area contributed by atoms with Crippen LogP contribution in [-0.2, 0) is 10.0 Å². The molecule has 0 aliphatic carbocycles. The number of carbonyl (C=O) groups excluding carboxylic acids is 1. The lowest BCUT2D eigenvalue weighted by Crippen LogP contribution is -2.51. The Morgan fingerprint density at radius 1 is 0.955 bits per heavy atom. The standard InChI is InChI=1S/C34H42N6O3S/c1-5-40(29-14-15-39(23-26(29)4)30-11-7-6-10-27(30)22-35)32-21-28(24(2)20-25(32)3)34(41)38-18-16-37(17-19-38)31-12-8-9-13-33(31)44(36,42)43/h6-13,20-21,26,29H,5,14-19,23H2,1-4H3,(H2,36,42,43). The Hall–Kier alpha value is -4.07. The second-order valence-corrected chi connectivity index (χ2v) is 13.5. The minimum Gasteiger partial charge on any atom is -0.370 e. The van der Waals surface area contributed by atoms with Crippen LogP contribution in [0, 0.1) is 31.1 Å².